The molecule has 22 heavy (non-hydrogen) atoms. The van der Waals surface area contributed by atoms with Crippen LogP contribution >= 0.6 is 0 Å². The summed E-state index contributed by atoms with van der Waals surface area (Å²) in [6.07, 6.45) is -0.896. The van der Waals surface area contributed by atoms with Crippen LogP contribution in [0.15, 0.2) is 60.7 Å². The fourth-order valence-corrected chi connectivity index (χ4v) is 2.53. The third-order valence-corrected chi connectivity index (χ3v) is 3.77. The van der Waals surface area contributed by atoms with E-state index in [1.165, 1.54) is 0 Å². The number of hydrogen-bond acceptors (Lipinski definition) is 3. The van der Waals surface area contributed by atoms with Crippen LogP contribution in [0.2, 0.25) is 0 Å². The molecule has 0 radical (unpaired) electrons. The van der Waals surface area contributed by atoms with E-state index in [9.17, 15) is 5.11 Å². The predicted octanol–water partition coefficient (Wildman–Crippen LogP) is 1.64. The SMILES string of the molecule is COC(C[NH2+][C@@H](c1ccccc1)[C@H](O)c1ccccc1)OC. The zero-order valence-electron chi connectivity index (χ0n) is 13.1. The van der Waals surface area contributed by atoms with Gasteiger partial charge in [-0.05, 0) is 5.56 Å². The van der Waals surface area contributed by atoms with Gasteiger partial charge in [0, 0.05) is 19.8 Å². The summed E-state index contributed by atoms with van der Waals surface area (Å²) in [7, 11) is 3.24. The highest BCUT2D eigenvalue weighted by molar-refractivity contribution is 5.24. The van der Waals surface area contributed by atoms with Crippen molar-refractivity contribution >= 4 is 0 Å². The van der Waals surface area contributed by atoms with Gasteiger partial charge in [-0.3, -0.25) is 0 Å². The van der Waals surface area contributed by atoms with Gasteiger partial charge in [0.25, 0.3) is 0 Å². The lowest BCUT2D eigenvalue weighted by atomic mass is 9.96. The Kier molecular flexibility index (Phi) is 6.55. The third-order valence-electron chi connectivity index (χ3n) is 3.77. The molecule has 0 aliphatic carbocycles. The van der Waals surface area contributed by atoms with Gasteiger partial charge in [0.05, 0.1) is 0 Å². The lowest BCUT2D eigenvalue weighted by Crippen LogP contribution is -2.88. The first-order chi connectivity index (χ1) is 10.8. The number of ether oxygens (including phenoxy) is 2. The van der Waals surface area contributed by atoms with Gasteiger partial charge in [0.15, 0.2) is 0 Å². The molecule has 0 aliphatic rings. The Bertz CT molecular complexity index is 529. The van der Waals surface area contributed by atoms with Crippen LogP contribution in [-0.4, -0.2) is 32.2 Å². The molecular weight excluding hydrogens is 278 g/mol. The molecule has 0 saturated heterocycles. The topological polar surface area (TPSA) is 55.3 Å². The maximum atomic E-state index is 10.8. The van der Waals surface area contributed by atoms with Crippen molar-refractivity contribution in [2.75, 3.05) is 20.8 Å². The van der Waals surface area contributed by atoms with Gasteiger partial charge in [-0.2, -0.15) is 0 Å². The number of hydrogen-bond donors (Lipinski definition) is 2. The number of nitrogens with two attached hydrogens (primary N) is 1. The van der Waals surface area contributed by atoms with Gasteiger partial charge in [0.1, 0.15) is 18.7 Å². The number of quaternary nitrogens is 1. The Hall–Kier alpha value is -1.72. The van der Waals surface area contributed by atoms with Crippen LogP contribution in [0.5, 0.6) is 0 Å². The van der Waals surface area contributed by atoms with Gasteiger partial charge in [-0.15, -0.1) is 0 Å². The van der Waals surface area contributed by atoms with E-state index >= 15 is 0 Å². The first-order valence-corrected chi connectivity index (χ1v) is 7.43. The van der Waals surface area contributed by atoms with Crippen molar-refractivity contribution < 1.29 is 19.9 Å². The molecule has 0 heterocycles. The summed E-state index contributed by atoms with van der Waals surface area (Å²) in [5.41, 5.74) is 1.98. The summed E-state index contributed by atoms with van der Waals surface area (Å²) >= 11 is 0. The molecule has 2 aromatic carbocycles. The minimum Gasteiger partial charge on any atom is -0.382 e. The molecule has 0 unspecified atom stereocenters. The monoisotopic (exact) mass is 302 g/mol. The van der Waals surface area contributed by atoms with E-state index in [-0.39, 0.29) is 12.3 Å². The van der Waals surface area contributed by atoms with Gasteiger partial charge in [0.2, 0.25) is 6.29 Å². The molecule has 2 rings (SSSR count). The zero-order chi connectivity index (χ0) is 15.8. The first kappa shape index (κ1) is 16.6. The van der Waals surface area contributed by atoms with Crippen molar-refractivity contribution in [1.29, 1.82) is 0 Å². The van der Waals surface area contributed by atoms with Crippen molar-refractivity contribution in [3.63, 3.8) is 0 Å². The van der Waals surface area contributed by atoms with Gasteiger partial charge in [-0.1, -0.05) is 60.7 Å². The quantitative estimate of drug-likeness (QED) is 0.729. The zero-order valence-corrected chi connectivity index (χ0v) is 13.1. The number of methoxy groups -OCH3 is 2. The van der Waals surface area contributed by atoms with Crippen LogP contribution in [0.4, 0.5) is 0 Å². The molecule has 0 fully saturated rings. The van der Waals surface area contributed by atoms with Crippen LogP contribution < -0.4 is 5.32 Å². The Morgan fingerprint density at radius 3 is 1.86 bits per heavy atom. The first-order valence-electron chi connectivity index (χ1n) is 7.43. The summed E-state index contributed by atoms with van der Waals surface area (Å²) in [6.45, 7) is 0.608. The van der Waals surface area contributed by atoms with E-state index in [0.717, 1.165) is 11.1 Å². The van der Waals surface area contributed by atoms with Gasteiger partial charge >= 0.3 is 0 Å². The lowest BCUT2D eigenvalue weighted by molar-refractivity contribution is -0.715. The molecule has 118 valence electrons. The smallest absolute Gasteiger partial charge is 0.206 e. The average molecular weight is 302 g/mol. The fraction of sp³-hybridized carbons (Fsp3) is 0.333. The standard InChI is InChI=1S/C18H23NO3/c1-21-16(22-2)13-19-17(14-9-5-3-6-10-14)18(20)15-11-7-4-8-12-15/h3-12,16-20H,13H2,1-2H3/p+1/t17-,18+/m0/s1. The van der Waals surface area contributed by atoms with Crippen molar-refractivity contribution in [1.82, 2.24) is 0 Å². The number of benzene rings is 2. The maximum absolute atomic E-state index is 10.8. The lowest BCUT2D eigenvalue weighted by Gasteiger charge is -2.23. The summed E-state index contributed by atoms with van der Waals surface area (Å²) < 4.78 is 10.5. The highest BCUT2D eigenvalue weighted by Gasteiger charge is 2.26. The van der Waals surface area contributed by atoms with E-state index < -0.39 is 6.10 Å². The average Bonchev–Trinajstić information content (AvgIpc) is 2.60. The molecule has 0 aromatic heterocycles. The highest BCUT2D eigenvalue weighted by atomic mass is 16.7. The molecule has 3 N–H and O–H groups in total. The fourth-order valence-electron chi connectivity index (χ4n) is 2.53. The minimum atomic E-state index is -0.599. The van der Waals surface area contributed by atoms with Crippen molar-refractivity contribution in [3.05, 3.63) is 71.8 Å². The normalized spacial score (nSPS) is 14.0. The molecule has 4 nitrogen and oxygen atoms in total. The predicted molar refractivity (Wildman–Crippen MR) is 85.2 cm³/mol. The van der Waals surface area contributed by atoms with E-state index in [4.69, 9.17) is 9.47 Å². The molecule has 0 amide bonds. The highest BCUT2D eigenvalue weighted by Crippen LogP contribution is 2.25. The Morgan fingerprint density at radius 2 is 1.36 bits per heavy atom. The molecule has 2 aromatic rings. The van der Waals surface area contributed by atoms with Gasteiger partial charge in [-0.25, -0.2) is 0 Å². The van der Waals surface area contributed by atoms with E-state index in [1.54, 1.807) is 14.2 Å². The molecule has 0 bridgehead atoms. The van der Waals surface area contributed by atoms with E-state index in [1.807, 2.05) is 60.7 Å². The molecule has 4 heteroatoms. The second-order valence-electron chi connectivity index (χ2n) is 5.16. The van der Waals surface area contributed by atoms with Gasteiger partial charge < -0.3 is 19.9 Å². The van der Waals surface area contributed by atoms with Crippen molar-refractivity contribution in [3.8, 4) is 0 Å². The second-order valence-corrected chi connectivity index (χ2v) is 5.16. The number of aliphatic hydroxyl groups is 1. The van der Waals surface area contributed by atoms with Crippen LogP contribution in [0, 0.1) is 0 Å². The molecular formula is C18H24NO3+. The molecule has 2 atom stereocenters. The van der Waals surface area contributed by atoms with Crippen LogP contribution in [-0.2, 0) is 9.47 Å². The van der Waals surface area contributed by atoms with Crippen LogP contribution in [0.3, 0.4) is 0 Å². The number of aliphatic hydroxyl groups excluding tert-OH is 1. The maximum Gasteiger partial charge on any atom is 0.206 e. The summed E-state index contributed by atoms with van der Waals surface area (Å²) in [4.78, 5) is 0. The molecule has 0 spiro atoms. The molecule has 0 saturated carbocycles. The Labute approximate surface area is 131 Å². The largest absolute Gasteiger partial charge is 0.382 e. The second kappa shape index (κ2) is 8.66. The third kappa shape index (κ3) is 4.39. The Balaban J connectivity index is 2.18. The van der Waals surface area contributed by atoms with E-state index in [2.05, 4.69) is 5.32 Å². The summed E-state index contributed by atoms with van der Waals surface area (Å²) in [5, 5.41) is 12.8. The van der Waals surface area contributed by atoms with Crippen molar-refractivity contribution in [2.24, 2.45) is 0 Å². The summed E-state index contributed by atoms with van der Waals surface area (Å²) in [5.74, 6) is 0. The van der Waals surface area contributed by atoms with E-state index in [0.29, 0.717) is 6.54 Å². The minimum absolute atomic E-state index is 0.114. The summed E-state index contributed by atoms with van der Waals surface area (Å²) in [6, 6.07) is 19.6. The van der Waals surface area contributed by atoms with Crippen molar-refractivity contribution in [2.45, 2.75) is 18.4 Å². The number of rotatable bonds is 8. The van der Waals surface area contributed by atoms with Crippen LogP contribution in [0.25, 0.3) is 0 Å². The Morgan fingerprint density at radius 1 is 0.864 bits per heavy atom. The molecule has 0 aliphatic heterocycles. The van der Waals surface area contributed by atoms with Crippen LogP contribution in [0.1, 0.15) is 23.3 Å².